The number of oxazole rings is 1. The Balaban J connectivity index is 1.98. The van der Waals surface area contributed by atoms with E-state index in [4.69, 9.17) is 4.42 Å². The molecule has 0 aliphatic carbocycles. The fraction of sp³-hybridized carbons (Fsp3) is 0.308. The topological polar surface area (TPSA) is 84.2 Å². The summed E-state index contributed by atoms with van der Waals surface area (Å²) in [5, 5.41) is 4.68. The van der Waals surface area contributed by atoms with Crippen LogP contribution >= 0.6 is 11.8 Å². The monoisotopic (exact) mass is 293 g/mol. The molecule has 106 valence electrons. The van der Waals surface area contributed by atoms with E-state index >= 15 is 0 Å². The number of carbonyl (C=O) groups is 2. The number of hydrogen-bond acceptors (Lipinski definition) is 5. The van der Waals surface area contributed by atoms with Crippen LogP contribution in [0.3, 0.4) is 0 Å². The Labute approximate surface area is 120 Å². The maximum atomic E-state index is 11.8. The van der Waals surface area contributed by atoms with Gasteiger partial charge in [-0.15, -0.1) is 0 Å². The summed E-state index contributed by atoms with van der Waals surface area (Å²) < 4.78 is 5.51. The van der Waals surface area contributed by atoms with Crippen molar-refractivity contribution in [3.63, 3.8) is 0 Å². The number of urea groups is 1. The Morgan fingerprint density at radius 2 is 2.15 bits per heavy atom. The van der Waals surface area contributed by atoms with Crippen LogP contribution in [0.4, 0.5) is 4.79 Å². The van der Waals surface area contributed by atoms with Gasteiger partial charge in [-0.3, -0.25) is 10.1 Å². The second-order valence-electron chi connectivity index (χ2n) is 4.06. The Morgan fingerprint density at radius 1 is 1.40 bits per heavy atom. The highest BCUT2D eigenvalue weighted by molar-refractivity contribution is 8.00. The van der Waals surface area contributed by atoms with Gasteiger partial charge in [0.1, 0.15) is 5.52 Å². The molecule has 0 radical (unpaired) electrons. The van der Waals surface area contributed by atoms with Crippen molar-refractivity contribution in [1.82, 2.24) is 15.6 Å². The minimum absolute atomic E-state index is 0.386. The highest BCUT2D eigenvalue weighted by Gasteiger charge is 2.19. The largest absolute Gasteiger partial charge is 0.431 e. The molecule has 3 amide bonds. The fourth-order valence-corrected chi connectivity index (χ4v) is 2.28. The lowest BCUT2D eigenvalue weighted by atomic mass is 10.3. The number of nitrogens with one attached hydrogen (secondary N) is 2. The van der Waals surface area contributed by atoms with Gasteiger partial charge in [0.15, 0.2) is 5.58 Å². The second-order valence-corrected chi connectivity index (χ2v) is 5.35. The molecule has 0 fully saturated rings. The third kappa shape index (κ3) is 3.51. The molecule has 6 nitrogen and oxygen atoms in total. The van der Waals surface area contributed by atoms with Gasteiger partial charge in [-0.2, -0.15) is 0 Å². The summed E-state index contributed by atoms with van der Waals surface area (Å²) in [5.41, 5.74) is 1.41. The molecule has 0 spiro atoms. The molecule has 0 bridgehead atoms. The molecular formula is C13H15N3O3S. The first kappa shape index (κ1) is 14.4. The number of rotatable bonds is 4. The molecule has 1 heterocycles. The molecule has 1 aromatic heterocycles. The van der Waals surface area contributed by atoms with Gasteiger partial charge in [-0.1, -0.05) is 23.9 Å². The highest BCUT2D eigenvalue weighted by atomic mass is 32.2. The zero-order chi connectivity index (χ0) is 14.5. The number of para-hydroxylation sites is 2. The predicted octanol–water partition coefficient (Wildman–Crippen LogP) is 2.15. The van der Waals surface area contributed by atoms with Crippen molar-refractivity contribution in [2.45, 2.75) is 24.3 Å². The van der Waals surface area contributed by atoms with Gasteiger partial charge >= 0.3 is 6.03 Å². The number of imide groups is 1. The number of thioether (sulfide) groups is 1. The molecule has 0 aliphatic rings. The Bertz CT molecular complexity index is 593. The van der Waals surface area contributed by atoms with E-state index in [1.807, 2.05) is 24.3 Å². The zero-order valence-corrected chi connectivity index (χ0v) is 12.0. The van der Waals surface area contributed by atoms with Crippen molar-refractivity contribution in [2.75, 3.05) is 6.54 Å². The lowest BCUT2D eigenvalue weighted by Gasteiger charge is -2.08. The van der Waals surface area contributed by atoms with Gasteiger partial charge < -0.3 is 9.73 Å². The standard InChI is InChI=1S/C13H15N3O3S/c1-3-14-12(18)16-11(17)8(2)20-13-15-9-6-4-5-7-10(9)19-13/h4-8H,3H2,1-2H3,(H2,14,16,17,18). The maximum absolute atomic E-state index is 11.8. The van der Waals surface area contributed by atoms with Crippen molar-refractivity contribution in [3.05, 3.63) is 24.3 Å². The van der Waals surface area contributed by atoms with E-state index in [0.717, 1.165) is 5.52 Å². The smallest absolute Gasteiger partial charge is 0.321 e. The van der Waals surface area contributed by atoms with Gasteiger partial charge in [0.25, 0.3) is 5.22 Å². The van der Waals surface area contributed by atoms with E-state index in [-0.39, 0.29) is 5.91 Å². The van der Waals surface area contributed by atoms with E-state index < -0.39 is 11.3 Å². The predicted molar refractivity (Wildman–Crippen MR) is 76.5 cm³/mol. The number of amides is 3. The van der Waals surface area contributed by atoms with Gasteiger partial charge in [-0.25, -0.2) is 9.78 Å². The minimum atomic E-state index is -0.498. The molecule has 0 aliphatic heterocycles. The van der Waals surface area contributed by atoms with E-state index in [1.165, 1.54) is 11.8 Å². The first-order chi connectivity index (χ1) is 9.60. The van der Waals surface area contributed by atoms with Crippen LogP contribution in [0.1, 0.15) is 13.8 Å². The van der Waals surface area contributed by atoms with Gasteiger partial charge in [-0.05, 0) is 26.0 Å². The molecular weight excluding hydrogens is 278 g/mol. The maximum Gasteiger partial charge on any atom is 0.321 e. The molecule has 2 aromatic rings. The summed E-state index contributed by atoms with van der Waals surface area (Å²) in [6.45, 7) is 3.93. The van der Waals surface area contributed by atoms with Crippen molar-refractivity contribution in [1.29, 1.82) is 0 Å². The lowest BCUT2D eigenvalue weighted by molar-refractivity contribution is -0.119. The van der Waals surface area contributed by atoms with Crippen LogP contribution in [0.15, 0.2) is 33.9 Å². The number of carbonyl (C=O) groups excluding carboxylic acids is 2. The fourth-order valence-electron chi connectivity index (χ4n) is 1.52. The molecule has 1 aromatic carbocycles. The second kappa shape index (κ2) is 6.42. The zero-order valence-electron chi connectivity index (χ0n) is 11.2. The van der Waals surface area contributed by atoms with E-state index in [2.05, 4.69) is 15.6 Å². The molecule has 2 rings (SSSR count). The van der Waals surface area contributed by atoms with Crippen LogP contribution < -0.4 is 10.6 Å². The quantitative estimate of drug-likeness (QED) is 0.844. The molecule has 0 saturated heterocycles. The summed E-state index contributed by atoms with van der Waals surface area (Å²) in [6.07, 6.45) is 0. The number of aromatic nitrogens is 1. The summed E-state index contributed by atoms with van der Waals surface area (Å²) in [5.74, 6) is -0.386. The molecule has 7 heteroatoms. The van der Waals surface area contributed by atoms with Crippen LogP contribution in [-0.2, 0) is 4.79 Å². The van der Waals surface area contributed by atoms with Gasteiger partial charge in [0.2, 0.25) is 5.91 Å². The summed E-state index contributed by atoms with van der Waals surface area (Å²) in [4.78, 5) is 27.3. The summed E-state index contributed by atoms with van der Waals surface area (Å²) >= 11 is 1.17. The van der Waals surface area contributed by atoms with Gasteiger partial charge in [0.05, 0.1) is 5.25 Å². The van der Waals surface area contributed by atoms with Crippen LogP contribution in [0.25, 0.3) is 11.1 Å². The number of fused-ring (bicyclic) bond motifs is 1. The molecule has 1 atom stereocenters. The van der Waals surface area contributed by atoms with Crippen LogP contribution in [0.5, 0.6) is 0 Å². The van der Waals surface area contributed by atoms with E-state index in [1.54, 1.807) is 13.8 Å². The van der Waals surface area contributed by atoms with Crippen molar-refractivity contribution in [3.8, 4) is 0 Å². The van der Waals surface area contributed by atoms with Crippen molar-refractivity contribution < 1.29 is 14.0 Å². The average Bonchev–Trinajstić information content (AvgIpc) is 2.80. The Morgan fingerprint density at radius 3 is 2.85 bits per heavy atom. The average molecular weight is 293 g/mol. The van der Waals surface area contributed by atoms with Crippen LogP contribution in [0, 0.1) is 0 Å². The Hall–Kier alpha value is -2.02. The molecule has 20 heavy (non-hydrogen) atoms. The van der Waals surface area contributed by atoms with Crippen LogP contribution in [0.2, 0.25) is 0 Å². The minimum Gasteiger partial charge on any atom is -0.431 e. The molecule has 1 unspecified atom stereocenters. The molecule has 0 saturated carbocycles. The van der Waals surface area contributed by atoms with Crippen molar-refractivity contribution in [2.24, 2.45) is 0 Å². The summed E-state index contributed by atoms with van der Waals surface area (Å²) in [7, 11) is 0. The number of hydrogen-bond donors (Lipinski definition) is 2. The normalized spacial score (nSPS) is 12.1. The first-order valence-corrected chi connectivity index (χ1v) is 7.09. The Kier molecular flexibility index (Phi) is 4.62. The third-order valence-electron chi connectivity index (χ3n) is 2.50. The van der Waals surface area contributed by atoms with E-state index in [9.17, 15) is 9.59 Å². The first-order valence-electron chi connectivity index (χ1n) is 6.21. The molecule has 2 N–H and O–H groups in total. The van der Waals surface area contributed by atoms with Crippen LogP contribution in [-0.4, -0.2) is 28.7 Å². The SMILES string of the molecule is CCNC(=O)NC(=O)C(C)Sc1nc2ccccc2o1. The lowest BCUT2D eigenvalue weighted by Crippen LogP contribution is -2.42. The summed E-state index contributed by atoms with van der Waals surface area (Å²) in [6, 6.07) is 6.87. The number of nitrogens with zero attached hydrogens (tertiary/aromatic N) is 1. The third-order valence-corrected chi connectivity index (χ3v) is 3.44. The van der Waals surface area contributed by atoms with E-state index in [0.29, 0.717) is 17.4 Å². The highest BCUT2D eigenvalue weighted by Crippen LogP contribution is 2.26. The number of benzene rings is 1. The van der Waals surface area contributed by atoms with Gasteiger partial charge in [0, 0.05) is 6.54 Å². The van der Waals surface area contributed by atoms with Crippen molar-refractivity contribution >= 4 is 34.8 Å².